The third kappa shape index (κ3) is 2.31. The lowest BCUT2D eigenvalue weighted by atomic mass is 10.1. The number of rotatable bonds is 3. The summed E-state index contributed by atoms with van der Waals surface area (Å²) in [4.78, 5) is 18.4. The molecule has 98 valence electrons. The van der Waals surface area contributed by atoms with Gasteiger partial charge < -0.3 is 16.0 Å². The molecule has 1 aliphatic heterocycles. The molecule has 0 bridgehead atoms. The molecule has 5 heteroatoms. The number of hydrogen-bond acceptors (Lipinski definition) is 4. The van der Waals surface area contributed by atoms with Gasteiger partial charge in [0.1, 0.15) is 11.9 Å². The van der Waals surface area contributed by atoms with E-state index < -0.39 is 0 Å². The van der Waals surface area contributed by atoms with Crippen molar-refractivity contribution in [1.29, 1.82) is 0 Å². The van der Waals surface area contributed by atoms with Crippen LogP contribution in [0.4, 0.5) is 5.82 Å². The Hall–Kier alpha value is -1.62. The van der Waals surface area contributed by atoms with Crippen LogP contribution < -0.4 is 16.0 Å². The van der Waals surface area contributed by atoms with E-state index in [1.54, 1.807) is 6.20 Å². The molecule has 0 aromatic carbocycles. The second kappa shape index (κ2) is 5.35. The van der Waals surface area contributed by atoms with E-state index in [1.807, 2.05) is 26.0 Å². The van der Waals surface area contributed by atoms with Gasteiger partial charge in [-0.2, -0.15) is 0 Å². The number of amides is 1. The summed E-state index contributed by atoms with van der Waals surface area (Å²) in [5.74, 6) is 0.916. The lowest BCUT2D eigenvalue weighted by molar-refractivity contribution is -0.123. The van der Waals surface area contributed by atoms with Crippen molar-refractivity contribution in [2.45, 2.75) is 32.4 Å². The number of anilines is 1. The molecule has 0 radical (unpaired) electrons. The fourth-order valence-corrected chi connectivity index (χ4v) is 2.38. The van der Waals surface area contributed by atoms with Gasteiger partial charge in [-0.1, -0.05) is 13.0 Å². The van der Waals surface area contributed by atoms with E-state index in [0.717, 1.165) is 24.3 Å². The molecule has 5 nitrogen and oxygen atoms in total. The standard InChI is InChI=1S/C13H20N4O/c1-3-11-13(18)16-7-8-17(11)12-10(9(2)14)5-4-6-15-12/h4-6,9,11H,3,7-8,14H2,1-2H3,(H,16,18). The Morgan fingerprint density at radius 2 is 2.44 bits per heavy atom. The molecule has 1 saturated heterocycles. The van der Waals surface area contributed by atoms with Crippen molar-refractivity contribution in [1.82, 2.24) is 10.3 Å². The molecule has 0 spiro atoms. The molecule has 1 fully saturated rings. The zero-order valence-electron chi connectivity index (χ0n) is 10.9. The minimum Gasteiger partial charge on any atom is -0.353 e. The van der Waals surface area contributed by atoms with Crippen molar-refractivity contribution in [3.63, 3.8) is 0 Å². The number of piperazine rings is 1. The smallest absolute Gasteiger partial charge is 0.242 e. The summed E-state index contributed by atoms with van der Waals surface area (Å²) in [6.07, 6.45) is 2.52. The molecule has 2 heterocycles. The van der Waals surface area contributed by atoms with Crippen LogP contribution in [0.3, 0.4) is 0 Å². The first-order chi connectivity index (χ1) is 8.65. The summed E-state index contributed by atoms with van der Waals surface area (Å²) in [7, 11) is 0. The van der Waals surface area contributed by atoms with Gasteiger partial charge in [0.25, 0.3) is 0 Å². The molecule has 0 aliphatic carbocycles. The molecule has 1 aromatic rings. The highest BCUT2D eigenvalue weighted by molar-refractivity contribution is 5.86. The lowest BCUT2D eigenvalue weighted by Gasteiger charge is -2.36. The number of carbonyl (C=O) groups is 1. The summed E-state index contributed by atoms with van der Waals surface area (Å²) in [5, 5.41) is 2.89. The van der Waals surface area contributed by atoms with Gasteiger partial charge in [-0.3, -0.25) is 4.79 Å². The number of pyridine rings is 1. The Morgan fingerprint density at radius 3 is 3.11 bits per heavy atom. The van der Waals surface area contributed by atoms with Gasteiger partial charge in [-0.15, -0.1) is 0 Å². The first-order valence-corrected chi connectivity index (χ1v) is 6.40. The predicted molar refractivity (Wildman–Crippen MR) is 71.3 cm³/mol. The Kier molecular flexibility index (Phi) is 3.81. The van der Waals surface area contributed by atoms with Crippen LogP contribution in [0.2, 0.25) is 0 Å². The molecule has 1 aliphatic rings. The highest BCUT2D eigenvalue weighted by Crippen LogP contribution is 2.25. The van der Waals surface area contributed by atoms with Crippen LogP contribution >= 0.6 is 0 Å². The Balaban J connectivity index is 2.37. The van der Waals surface area contributed by atoms with E-state index in [4.69, 9.17) is 5.73 Å². The maximum Gasteiger partial charge on any atom is 0.242 e. The largest absolute Gasteiger partial charge is 0.353 e. The summed E-state index contributed by atoms with van der Waals surface area (Å²) >= 11 is 0. The second-order valence-electron chi connectivity index (χ2n) is 4.61. The van der Waals surface area contributed by atoms with Gasteiger partial charge in [0.2, 0.25) is 5.91 Å². The normalized spacial score (nSPS) is 21.6. The number of hydrogen-bond donors (Lipinski definition) is 2. The van der Waals surface area contributed by atoms with E-state index in [9.17, 15) is 4.79 Å². The van der Waals surface area contributed by atoms with Gasteiger partial charge in [0.15, 0.2) is 0 Å². The number of nitrogens with two attached hydrogens (primary N) is 1. The van der Waals surface area contributed by atoms with Crippen LogP contribution in [0.25, 0.3) is 0 Å². The fourth-order valence-electron chi connectivity index (χ4n) is 2.38. The van der Waals surface area contributed by atoms with Gasteiger partial charge in [0, 0.05) is 30.9 Å². The van der Waals surface area contributed by atoms with Crippen LogP contribution in [-0.4, -0.2) is 30.0 Å². The molecule has 2 atom stereocenters. The van der Waals surface area contributed by atoms with Crippen LogP contribution in [0.15, 0.2) is 18.3 Å². The topological polar surface area (TPSA) is 71.2 Å². The van der Waals surface area contributed by atoms with Crippen molar-refractivity contribution in [3.8, 4) is 0 Å². The number of aromatic nitrogens is 1. The zero-order chi connectivity index (χ0) is 13.1. The minimum absolute atomic E-state index is 0.0741. The molecule has 1 amide bonds. The summed E-state index contributed by atoms with van der Waals surface area (Å²) in [5.41, 5.74) is 6.97. The van der Waals surface area contributed by atoms with Crippen molar-refractivity contribution >= 4 is 11.7 Å². The molecule has 0 saturated carbocycles. The van der Waals surface area contributed by atoms with E-state index in [1.165, 1.54) is 0 Å². The summed E-state index contributed by atoms with van der Waals surface area (Å²) in [6.45, 7) is 5.38. The van der Waals surface area contributed by atoms with Crippen LogP contribution in [0, 0.1) is 0 Å². The Morgan fingerprint density at radius 1 is 1.67 bits per heavy atom. The van der Waals surface area contributed by atoms with Crippen molar-refractivity contribution in [2.24, 2.45) is 5.73 Å². The summed E-state index contributed by atoms with van der Waals surface area (Å²) < 4.78 is 0. The van der Waals surface area contributed by atoms with E-state index in [0.29, 0.717) is 6.54 Å². The zero-order valence-corrected chi connectivity index (χ0v) is 10.9. The highest BCUT2D eigenvalue weighted by Gasteiger charge is 2.30. The maximum absolute atomic E-state index is 11.9. The van der Waals surface area contributed by atoms with Gasteiger partial charge in [0.05, 0.1) is 0 Å². The van der Waals surface area contributed by atoms with Crippen LogP contribution in [-0.2, 0) is 4.79 Å². The lowest BCUT2D eigenvalue weighted by Crippen LogP contribution is -2.55. The molecule has 3 N–H and O–H groups in total. The molecular weight excluding hydrogens is 228 g/mol. The van der Waals surface area contributed by atoms with Gasteiger partial charge in [-0.25, -0.2) is 4.98 Å². The minimum atomic E-state index is -0.147. The quantitative estimate of drug-likeness (QED) is 0.830. The third-order valence-corrected chi connectivity index (χ3v) is 3.30. The monoisotopic (exact) mass is 248 g/mol. The Labute approximate surface area is 107 Å². The van der Waals surface area contributed by atoms with Crippen molar-refractivity contribution in [3.05, 3.63) is 23.9 Å². The third-order valence-electron chi connectivity index (χ3n) is 3.30. The highest BCUT2D eigenvalue weighted by atomic mass is 16.2. The maximum atomic E-state index is 11.9. The van der Waals surface area contributed by atoms with Gasteiger partial charge >= 0.3 is 0 Å². The van der Waals surface area contributed by atoms with Crippen LogP contribution in [0.5, 0.6) is 0 Å². The molecule has 18 heavy (non-hydrogen) atoms. The molecular formula is C13H20N4O. The van der Waals surface area contributed by atoms with Crippen molar-refractivity contribution < 1.29 is 4.79 Å². The fraction of sp³-hybridized carbons (Fsp3) is 0.538. The number of carbonyl (C=O) groups excluding carboxylic acids is 1. The first kappa shape index (κ1) is 12.8. The first-order valence-electron chi connectivity index (χ1n) is 6.40. The average molecular weight is 248 g/mol. The average Bonchev–Trinajstić information content (AvgIpc) is 2.38. The van der Waals surface area contributed by atoms with E-state index in [2.05, 4.69) is 15.2 Å². The van der Waals surface area contributed by atoms with Crippen molar-refractivity contribution in [2.75, 3.05) is 18.0 Å². The molecule has 1 aromatic heterocycles. The number of nitrogens with one attached hydrogen (secondary N) is 1. The number of nitrogens with zero attached hydrogens (tertiary/aromatic N) is 2. The second-order valence-corrected chi connectivity index (χ2v) is 4.61. The SMILES string of the molecule is CCC1C(=O)NCCN1c1ncccc1C(C)N. The van der Waals surface area contributed by atoms with E-state index >= 15 is 0 Å². The van der Waals surface area contributed by atoms with E-state index in [-0.39, 0.29) is 18.0 Å². The molecule has 2 unspecified atom stereocenters. The van der Waals surface area contributed by atoms with Gasteiger partial charge in [-0.05, 0) is 19.4 Å². The summed E-state index contributed by atoms with van der Waals surface area (Å²) in [6, 6.07) is 3.63. The molecule has 2 rings (SSSR count). The Bertz CT molecular complexity index is 433. The predicted octanol–water partition coefficient (Wildman–Crippen LogP) is 0.816. The van der Waals surface area contributed by atoms with Crippen LogP contribution in [0.1, 0.15) is 31.9 Å².